The highest BCUT2D eigenvalue weighted by atomic mass is 32.2. The summed E-state index contributed by atoms with van der Waals surface area (Å²) in [6.45, 7) is 6.16. The van der Waals surface area contributed by atoms with Gasteiger partial charge in [-0.05, 0) is 80.9 Å². The highest BCUT2D eigenvalue weighted by Gasteiger charge is 2.26. The van der Waals surface area contributed by atoms with E-state index in [9.17, 15) is 9.59 Å². The third-order valence-electron chi connectivity index (χ3n) is 6.79. The SMILES string of the molecule is C=N\C(=N/C(=C\C)/C=C1\SC(=O)NC1=O)N[C@H]1CC[C@H](NCc2cccnc2-c2cc3ccccc3o2)CC1. The first-order valence-corrected chi connectivity index (χ1v) is 13.7. The van der Waals surface area contributed by atoms with Crippen LogP contribution in [0.4, 0.5) is 4.79 Å². The van der Waals surface area contributed by atoms with E-state index in [0.29, 0.717) is 29.1 Å². The average molecular weight is 543 g/mol. The molecule has 10 heteroatoms. The van der Waals surface area contributed by atoms with Crippen molar-refractivity contribution in [3.05, 3.63) is 77.0 Å². The van der Waals surface area contributed by atoms with Crippen LogP contribution in [0.15, 0.2) is 85.8 Å². The van der Waals surface area contributed by atoms with E-state index >= 15 is 0 Å². The van der Waals surface area contributed by atoms with E-state index in [4.69, 9.17) is 4.42 Å². The fourth-order valence-corrected chi connectivity index (χ4v) is 5.42. The van der Waals surface area contributed by atoms with Gasteiger partial charge in [0.1, 0.15) is 11.3 Å². The molecule has 0 spiro atoms. The zero-order valence-electron chi connectivity index (χ0n) is 21.6. The van der Waals surface area contributed by atoms with E-state index in [1.807, 2.05) is 43.3 Å². The van der Waals surface area contributed by atoms with Gasteiger partial charge >= 0.3 is 0 Å². The molecule has 3 N–H and O–H groups in total. The van der Waals surface area contributed by atoms with Gasteiger partial charge < -0.3 is 15.1 Å². The molecule has 3 heterocycles. The zero-order valence-corrected chi connectivity index (χ0v) is 22.5. The molecule has 0 radical (unpaired) electrons. The molecule has 0 bridgehead atoms. The van der Waals surface area contributed by atoms with Crippen LogP contribution in [0.5, 0.6) is 0 Å². The molecular formula is C29H30N6O3S. The predicted octanol–water partition coefficient (Wildman–Crippen LogP) is 5.31. The number of carbonyl (C=O) groups excluding carboxylic acids is 2. The molecule has 0 unspecified atom stereocenters. The summed E-state index contributed by atoms with van der Waals surface area (Å²) in [7, 11) is 0. The van der Waals surface area contributed by atoms with Crippen LogP contribution < -0.4 is 16.0 Å². The lowest BCUT2D eigenvalue weighted by Gasteiger charge is -2.30. The number of guanidine groups is 1. The molecule has 200 valence electrons. The van der Waals surface area contributed by atoms with Gasteiger partial charge in [-0.15, -0.1) is 0 Å². The number of para-hydroxylation sites is 1. The van der Waals surface area contributed by atoms with Crippen LogP contribution in [0, 0.1) is 0 Å². The smallest absolute Gasteiger partial charge is 0.290 e. The third-order valence-corrected chi connectivity index (χ3v) is 7.60. The van der Waals surface area contributed by atoms with Crippen LogP contribution >= 0.6 is 11.8 Å². The van der Waals surface area contributed by atoms with Gasteiger partial charge in [0.15, 0.2) is 5.76 Å². The maximum absolute atomic E-state index is 11.8. The average Bonchev–Trinajstić information content (AvgIpc) is 3.53. The zero-order chi connectivity index (χ0) is 27.2. The number of hydrogen-bond donors (Lipinski definition) is 3. The van der Waals surface area contributed by atoms with Crippen molar-refractivity contribution in [3.8, 4) is 11.5 Å². The predicted molar refractivity (Wildman–Crippen MR) is 155 cm³/mol. The summed E-state index contributed by atoms with van der Waals surface area (Å²) in [6.07, 6.45) is 9.05. The van der Waals surface area contributed by atoms with Crippen molar-refractivity contribution in [2.45, 2.75) is 51.2 Å². The second kappa shape index (κ2) is 12.2. The highest BCUT2D eigenvalue weighted by Crippen LogP contribution is 2.29. The van der Waals surface area contributed by atoms with Crippen LogP contribution in [0.1, 0.15) is 38.2 Å². The Morgan fingerprint density at radius 3 is 2.69 bits per heavy atom. The molecule has 2 fully saturated rings. The van der Waals surface area contributed by atoms with Gasteiger partial charge in [0.05, 0.1) is 10.6 Å². The van der Waals surface area contributed by atoms with E-state index in [1.165, 1.54) is 0 Å². The molecule has 39 heavy (non-hydrogen) atoms. The van der Waals surface area contributed by atoms with E-state index < -0.39 is 5.91 Å². The number of rotatable bonds is 7. The van der Waals surface area contributed by atoms with E-state index in [0.717, 1.165) is 65.4 Å². The van der Waals surface area contributed by atoms with Crippen molar-refractivity contribution in [1.29, 1.82) is 0 Å². The minimum absolute atomic E-state index is 0.216. The van der Waals surface area contributed by atoms with Crippen molar-refractivity contribution >= 4 is 46.6 Å². The van der Waals surface area contributed by atoms with Crippen molar-refractivity contribution in [1.82, 2.24) is 20.9 Å². The van der Waals surface area contributed by atoms with Crippen molar-refractivity contribution < 1.29 is 14.0 Å². The molecule has 1 saturated carbocycles. The van der Waals surface area contributed by atoms with Crippen LogP contribution in [0.2, 0.25) is 0 Å². The monoisotopic (exact) mass is 542 g/mol. The van der Waals surface area contributed by atoms with Crippen molar-refractivity contribution in [2.75, 3.05) is 0 Å². The number of furan rings is 1. The summed E-state index contributed by atoms with van der Waals surface area (Å²) in [4.78, 5) is 36.7. The Morgan fingerprint density at radius 1 is 1.18 bits per heavy atom. The third kappa shape index (κ3) is 6.52. The number of benzene rings is 1. The highest BCUT2D eigenvalue weighted by molar-refractivity contribution is 8.18. The van der Waals surface area contributed by atoms with Gasteiger partial charge in [0.2, 0.25) is 5.96 Å². The summed E-state index contributed by atoms with van der Waals surface area (Å²) in [5, 5.41) is 10.0. The Morgan fingerprint density at radius 2 is 1.97 bits per heavy atom. The molecule has 2 aliphatic rings. The number of imide groups is 1. The molecule has 2 aromatic heterocycles. The summed E-state index contributed by atoms with van der Waals surface area (Å²) >= 11 is 0.860. The Hall–Kier alpha value is -4.02. The fraction of sp³-hybridized carbons (Fsp3) is 0.276. The van der Waals surface area contributed by atoms with Crippen LogP contribution in [-0.4, -0.2) is 40.9 Å². The number of nitrogens with zero attached hydrogens (tertiary/aromatic N) is 3. The number of thioether (sulfide) groups is 1. The first kappa shape index (κ1) is 26.6. The molecule has 9 nitrogen and oxygen atoms in total. The normalized spacial score (nSPS) is 21.4. The molecule has 1 aromatic carbocycles. The van der Waals surface area contributed by atoms with E-state index in [2.05, 4.69) is 43.7 Å². The maximum atomic E-state index is 11.8. The first-order valence-electron chi connectivity index (χ1n) is 12.9. The minimum atomic E-state index is -0.414. The Kier molecular flexibility index (Phi) is 8.33. The number of fused-ring (bicyclic) bond motifs is 1. The van der Waals surface area contributed by atoms with Gasteiger partial charge in [-0.3, -0.25) is 19.9 Å². The lowest BCUT2D eigenvalue weighted by molar-refractivity contribution is -0.115. The molecule has 1 aliphatic heterocycles. The maximum Gasteiger partial charge on any atom is 0.290 e. The number of hydrogen-bond acceptors (Lipinski definition) is 7. The standard InChI is InChI=1S/C29H30N6O3S/c1-3-20(16-25-27(36)35-29(37)39-25)33-28(30-2)34-22-12-10-21(11-13-22)32-17-19-8-6-14-31-26(19)24-15-18-7-4-5-9-23(18)38-24/h3-9,14-16,21-22,32H,2,10-13,17H2,1H3,(H,33,34)(H,35,36,37)/b20-3-,25-16-/t21-,22-. The number of aliphatic imine (C=N–C) groups is 2. The van der Waals surface area contributed by atoms with Crippen LogP contribution in [0.3, 0.4) is 0 Å². The topological polar surface area (TPSA) is 121 Å². The molecule has 3 aromatic rings. The van der Waals surface area contributed by atoms with Crippen LogP contribution in [0.25, 0.3) is 22.4 Å². The molecule has 2 amide bonds. The van der Waals surface area contributed by atoms with Crippen molar-refractivity contribution in [3.63, 3.8) is 0 Å². The minimum Gasteiger partial charge on any atom is -0.454 e. The van der Waals surface area contributed by atoms with Gasteiger partial charge in [-0.25, -0.2) is 9.98 Å². The quantitative estimate of drug-likeness (QED) is 0.210. The van der Waals surface area contributed by atoms with Gasteiger partial charge in [0.25, 0.3) is 11.1 Å². The second-order valence-electron chi connectivity index (χ2n) is 9.39. The lowest BCUT2D eigenvalue weighted by atomic mass is 9.91. The number of pyridine rings is 1. The molecular weight excluding hydrogens is 512 g/mol. The number of allylic oxidation sites excluding steroid dienone is 2. The molecule has 1 saturated heterocycles. The summed E-state index contributed by atoms with van der Waals surface area (Å²) in [5.74, 6) is 0.763. The lowest BCUT2D eigenvalue weighted by Crippen LogP contribution is -2.41. The first-order chi connectivity index (χ1) is 19.0. The van der Waals surface area contributed by atoms with Crippen LogP contribution in [-0.2, 0) is 11.3 Å². The molecule has 0 atom stereocenters. The molecule has 1 aliphatic carbocycles. The van der Waals surface area contributed by atoms with E-state index in [1.54, 1.807) is 18.3 Å². The second-order valence-corrected chi connectivity index (χ2v) is 10.4. The Bertz CT molecular complexity index is 1450. The number of aromatic nitrogens is 1. The van der Waals surface area contributed by atoms with Gasteiger partial charge in [0, 0.05) is 30.2 Å². The summed E-state index contributed by atoms with van der Waals surface area (Å²) in [5.41, 5.74) is 3.35. The van der Waals surface area contributed by atoms with E-state index in [-0.39, 0.29) is 11.3 Å². The summed E-state index contributed by atoms with van der Waals surface area (Å²) < 4.78 is 6.06. The van der Waals surface area contributed by atoms with Gasteiger partial charge in [-0.2, -0.15) is 0 Å². The largest absolute Gasteiger partial charge is 0.454 e. The van der Waals surface area contributed by atoms with Crippen molar-refractivity contribution in [2.24, 2.45) is 9.98 Å². The molecule has 5 rings (SSSR count). The summed E-state index contributed by atoms with van der Waals surface area (Å²) in [6, 6.07) is 14.7. The Balaban J connectivity index is 1.16. The number of amides is 2. The number of carbonyl (C=O) groups is 2. The fourth-order valence-electron chi connectivity index (χ4n) is 4.75. The number of nitrogens with one attached hydrogen (secondary N) is 3. The Labute approximate surface area is 231 Å². The van der Waals surface area contributed by atoms with Gasteiger partial charge in [-0.1, -0.05) is 30.3 Å².